The van der Waals surface area contributed by atoms with Gasteiger partial charge in [-0.3, -0.25) is 4.79 Å². The summed E-state index contributed by atoms with van der Waals surface area (Å²) in [4.78, 5) is 12.0. The number of rotatable bonds is 5. The number of halogens is 2. The highest BCUT2D eigenvalue weighted by Crippen LogP contribution is 2.29. The fourth-order valence-electron chi connectivity index (χ4n) is 1.91. The average Bonchev–Trinajstić information content (AvgIpc) is 2.49. The fraction of sp³-hybridized carbons (Fsp3) is 0.235. The molecule has 0 unspecified atom stereocenters. The summed E-state index contributed by atoms with van der Waals surface area (Å²) in [5.41, 5.74) is 1.56. The first-order chi connectivity index (χ1) is 10.5. The van der Waals surface area contributed by atoms with E-state index in [1.165, 1.54) is 0 Å². The zero-order valence-corrected chi connectivity index (χ0v) is 13.9. The van der Waals surface area contributed by atoms with Gasteiger partial charge in [0.25, 0.3) is 5.91 Å². The second-order valence-corrected chi connectivity index (χ2v) is 5.98. The van der Waals surface area contributed by atoms with E-state index in [1.807, 2.05) is 24.3 Å². The van der Waals surface area contributed by atoms with Crippen molar-refractivity contribution >= 4 is 34.8 Å². The van der Waals surface area contributed by atoms with Gasteiger partial charge >= 0.3 is 0 Å². The molecule has 0 heterocycles. The Morgan fingerprint density at radius 1 is 1.14 bits per heavy atom. The molecule has 0 aliphatic heterocycles. The minimum atomic E-state index is -0.315. The molecule has 5 heteroatoms. The first kappa shape index (κ1) is 16.7. The Kier molecular flexibility index (Phi) is 5.69. The maximum absolute atomic E-state index is 12.0. The highest BCUT2D eigenvalue weighted by Gasteiger charge is 2.10. The summed E-state index contributed by atoms with van der Waals surface area (Å²) >= 11 is 12.0. The molecule has 0 aliphatic rings. The molecular formula is C17H17Cl2NO2. The van der Waals surface area contributed by atoms with E-state index in [4.69, 9.17) is 27.9 Å². The van der Waals surface area contributed by atoms with Crippen molar-refractivity contribution in [2.24, 2.45) is 0 Å². The van der Waals surface area contributed by atoms with Crippen LogP contribution < -0.4 is 10.1 Å². The van der Waals surface area contributed by atoms with Crippen LogP contribution in [0.25, 0.3) is 0 Å². The van der Waals surface area contributed by atoms with Gasteiger partial charge in [-0.2, -0.15) is 0 Å². The molecule has 116 valence electrons. The SMILES string of the molecule is CC(C)c1cccc(OCC(=O)Nc2c(Cl)cccc2Cl)c1. The molecule has 0 fully saturated rings. The van der Waals surface area contributed by atoms with Crippen LogP contribution in [0.2, 0.25) is 10.0 Å². The predicted octanol–water partition coefficient (Wildman–Crippen LogP) is 5.13. The molecule has 3 nitrogen and oxygen atoms in total. The highest BCUT2D eigenvalue weighted by atomic mass is 35.5. The third kappa shape index (κ3) is 4.39. The molecule has 2 rings (SSSR count). The van der Waals surface area contributed by atoms with Crippen LogP contribution in [-0.2, 0) is 4.79 Å². The molecule has 0 atom stereocenters. The quantitative estimate of drug-likeness (QED) is 0.820. The van der Waals surface area contributed by atoms with Crippen molar-refractivity contribution in [1.29, 1.82) is 0 Å². The van der Waals surface area contributed by atoms with E-state index in [9.17, 15) is 4.79 Å². The number of carbonyl (C=O) groups excluding carboxylic acids is 1. The van der Waals surface area contributed by atoms with Crippen LogP contribution in [0, 0.1) is 0 Å². The van der Waals surface area contributed by atoms with Gasteiger partial charge in [-0.1, -0.05) is 55.2 Å². The Balaban J connectivity index is 1.97. The lowest BCUT2D eigenvalue weighted by atomic mass is 10.0. The third-order valence-electron chi connectivity index (χ3n) is 3.12. The van der Waals surface area contributed by atoms with Crippen LogP contribution in [-0.4, -0.2) is 12.5 Å². The number of amides is 1. The van der Waals surface area contributed by atoms with Gasteiger partial charge in [-0.15, -0.1) is 0 Å². The van der Waals surface area contributed by atoms with Crippen LogP contribution in [0.5, 0.6) is 5.75 Å². The Morgan fingerprint density at radius 2 is 1.77 bits per heavy atom. The third-order valence-corrected chi connectivity index (χ3v) is 3.75. The zero-order valence-electron chi connectivity index (χ0n) is 12.4. The second-order valence-electron chi connectivity index (χ2n) is 5.16. The molecule has 22 heavy (non-hydrogen) atoms. The van der Waals surface area contributed by atoms with E-state index in [0.29, 0.717) is 27.4 Å². The van der Waals surface area contributed by atoms with Crippen molar-refractivity contribution in [3.8, 4) is 5.75 Å². The van der Waals surface area contributed by atoms with Gasteiger partial charge in [0, 0.05) is 0 Å². The number of hydrogen-bond acceptors (Lipinski definition) is 2. The van der Waals surface area contributed by atoms with Crippen molar-refractivity contribution in [2.75, 3.05) is 11.9 Å². The summed E-state index contributed by atoms with van der Waals surface area (Å²) in [6.45, 7) is 4.10. The fourth-order valence-corrected chi connectivity index (χ4v) is 2.40. The first-order valence-electron chi connectivity index (χ1n) is 6.94. The Hall–Kier alpha value is -1.71. The van der Waals surface area contributed by atoms with Crippen LogP contribution in [0.15, 0.2) is 42.5 Å². The smallest absolute Gasteiger partial charge is 0.262 e. The predicted molar refractivity (Wildman–Crippen MR) is 91.1 cm³/mol. The maximum atomic E-state index is 12.0. The van der Waals surface area contributed by atoms with Crippen molar-refractivity contribution in [2.45, 2.75) is 19.8 Å². The Bertz CT molecular complexity index is 651. The van der Waals surface area contributed by atoms with Gasteiger partial charge in [-0.05, 0) is 35.7 Å². The maximum Gasteiger partial charge on any atom is 0.262 e. The minimum Gasteiger partial charge on any atom is -0.484 e. The van der Waals surface area contributed by atoms with E-state index >= 15 is 0 Å². The molecule has 0 bridgehead atoms. The van der Waals surface area contributed by atoms with Gasteiger partial charge in [-0.25, -0.2) is 0 Å². The van der Waals surface area contributed by atoms with Gasteiger partial charge < -0.3 is 10.1 Å². The molecular weight excluding hydrogens is 321 g/mol. The van der Waals surface area contributed by atoms with Gasteiger partial charge in [0.2, 0.25) is 0 Å². The number of carbonyl (C=O) groups is 1. The molecule has 0 saturated heterocycles. The van der Waals surface area contributed by atoms with Crippen LogP contribution >= 0.6 is 23.2 Å². The topological polar surface area (TPSA) is 38.3 Å². The largest absolute Gasteiger partial charge is 0.484 e. The van der Waals surface area contributed by atoms with E-state index in [-0.39, 0.29) is 12.5 Å². The lowest BCUT2D eigenvalue weighted by Gasteiger charge is -2.11. The minimum absolute atomic E-state index is 0.108. The molecule has 2 aromatic carbocycles. The molecule has 0 saturated carbocycles. The van der Waals surface area contributed by atoms with Gasteiger partial charge in [0.05, 0.1) is 15.7 Å². The number of nitrogens with one attached hydrogen (secondary N) is 1. The summed E-state index contributed by atoms with van der Waals surface area (Å²) < 4.78 is 5.51. The summed E-state index contributed by atoms with van der Waals surface area (Å²) in [5.74, 6) is 0.746. The van der Waals surface area contributed by atoms with E-state index in [1.54, 1.807) is 18.2 Å². The van der Waals surface area contributed by atoms with Crippen molar-refractivity contribution in [3.63, 3.8) is 0 Å². The van der Waals surface area contributed by atoms with Crippen LogP contribution in [0.4, 0.5) is 5.69 Å². The van der Waals surface area contributed by atoms with E-state index in [0.717, 1.165) is 5.56 Å². The molecule has 0 aromatic heterocycles. The van der Waals surface area contributed by atoms with Gasteiger partial charge in [0.1, 0.15) is 5.75 Å². The van der Waals surface area contributed by atoms with Crippen LogP contribution in [0.3, 0.4) is 0 Å². The average molecular weight is 338 g/mol. The molecule has 1 N–H and O–H groups in total. The Labute approximate surface area is 140 Å². The summed E-state index contributed by atoms with van der Waals surface area (Å²) in [6.07, 6.45) is 0. The summed E-state index contributed by atoms with van der Waals surface area (Å²) in [7, 11) is 0. The normalized spacial score (nSPS) is 10.6. The standard InChI is InChI=1S/C17H17Cl2NO2/c1-11(2)12-5-3-6-13(9-12)22-10-16(21)20-17-14(18)7-4-8-15(17)19/h3-9,11H,10H2,1-2H3,(H,20,21). The lowest BCUT2D eigenvalue weighted by molar-refractivity contribution is -0.118. The molecule has 0 radical (unpaired) electrons. The number of hydrogen-bond donors (Lipinski definition) is 1. The highest BCUT2D eigenvalue weighted by molar-refractivity contribution is 6.39. The zero-order chi connectivity index (χ0) is 16.1. The number of para-hydroxylation sites is 1. The molecule has 0 aliphatic carbocycles. The van der Waals surface area contributed by atoms with Crippen molar-refractivity contribution < 1.29 is 9.53 Å². The van der Waals surface area contributed by atoms with Gasteiger partial charge in [0.15, 0.2) is 6.61 Å². The van der Waals surface area contributed by atoms with E-state index < -0.39 is 0 Å². The number of anilines is 1. The second kappa shape index (κ2) is 7.52. The molecule has 0 spiro atoms. The number of benzene rings is 2. The van der Waals surface area contributed by atoms with Crippen molar-refractivity contribution in [3.05, 3.63) is 58.1 Å². The molecule has 2 aromatic rings. The van der Waals surface area contributed by atoms with Crippen LogP contribution in [0.1, 0.15) is 25.3 Å². The van der Waals surface area contributed by atoms with Crippen molar-refractivity contribution in [1.82, 2.24) is 0 Å². The first-order valence-corrected chi connectivity index (χ1v) is 7.69. The lowest BCUT2D eigenvalue weighted by Crippen LogP contribution is -2.20. The summed E-state index contributed by atoms with van der Waals surface area (Å²) in [5, 5.41) is 3.44. The monoisotopic (exact) mass is 337 g/mol. The summed E-state index contributed by atoms with van der Waals surface area (Å²) in [6, 6.07) is 12.7. The van der Waals surface area contributed by atoms with E-state index in [2.05, 4.69) is 19.2 Å². The molecule has 1 amide bonds. The number of ether oxygens (including phenoxy) is 1. The Morgan fingerprint density at radius 3 is 2.41 bits per heavy atom.